The summed E-state index contributed by atoms with van der Waals surface area (Å²) in [5, 5.41) is 12.6. The molecule has 3 aromatic rings. The second-order valence-corrected chi connectivity index (χ2v) is 6.59. The Morgan fingerprint density at radius 3 is 2.85 bits per heavy atom. The van der Waals surface area contributed by atoms with E-state index in [0.29, 0.717) is 10.6 Å². The first-order valence-electron chi connectivity index (χ1n) is 6.54. The van der Waals surface area contributed by atoms with Crippen molar-refractivity contribution in [3.63, 3.8) is 0 Å². The lowest BCUT2D eigenvalue weighted by Gasteiger charge is -2.03. The predicted octanol–water partition coefficient (Wildman–Crippen LogP) is 5.04. The van der Waals surface area contributed by atoms with Crippen molar-refractivity contribution in [3.8, 4) is 16.5 Å². The number of rotatable bonds is 3. The first-order valence-corrected chi connectivity index (χ1v) is 8.23. The van der Waals surface area contributed by atoms with Gasteiger partial charge in [-0.3, -0.25) is 0 Å². The fraction of sp³-hybridized carbons (Fsp3) is 0.188. The quantitative estimate of drug-likeness (QED) is 0.736. The zero-order valence-corrected chi connectivity index (χ0v) is 12.8. The summed E-state index contributed by atoms with van der Waals surface area (Å²) in [6.07, 6.45) is 1.95. The Morgan fingerprint density at radius 2 is 2.10 bits per heavy atom. The number of benzene rings is 1. The van der Waals surface area contributed by atoms with Crippen molar-refractivity contribution in [1.82, 2.24) is 0 Å². The molecule has 100 valence electrons. The van der Waals surface area contributed by atoms with Crippen LogP contribution in [-0.4, -0.2) is 0 Å². The molecule has 1 aromatic carbocycles. The molecular weight excluding hydrogens is 284 g/mol. The van der Waals surface area contributed by atoms with Crippen LogP contribution in [0, 0.1) is 11.3 Å². The van der Waals surface area contributed by atoms with Crippen LogP contribution in [0.1, 0.15) is 23.8 Å². The van der Waals surface area contributed by atoms with Crippen LogP contribution in [0.3, 0.4) is 0 Å². The maximum Gasteiger partial charge on any atom is 0.128 e. The van der Waals surface area contributed by atoms with Crippen molar-refractivity contribution in [3.05, 3.63) is 40.1 Å². The van der Waals surface area contributed by atoms with Crippen LogP contribution in [0.5, 0.6) is 0 Å². The number of nitriles is 1. The van der Waals surface area contributed by atoms with Gasteiger partial charge in [0, 0.05) is 25.9 Å². The minimum absolute atomic E-state index is 0.638. The fourth-order valence-corrected chi connectivity index (χ4v) is 4.55. The van der Waals surface area contributed by atoms with E-state index in [-0.39, 0.29) is 0 Å². The van der Waals surface area contributed by atoms with Crippen LogP contribution in [0.15, 0.2) is 29.6 Å². The molecule has 4 heteroatoms. The smallest absolute Gasteiger partial charge is 0.128 e. The van der Waals surface area contributed by atoms with Gasteiger partial charge in [-0.15, -0.1) is 22.7 Å². The summed E-state index contributed by atoms with van der Waals surface area (Å²) in [5.74, 6) is 0. The standard InChI is InChI=1S/C16H14N2S2/c1-2-5-11-15(18)14(8-17)20-16(11)12-9-19-13-7-4-3-6-10(12)13/h3-4,6-7,9H,2,5,18H2,1H3. The highest BCUT2D eigenvalue weighted by molar-refractivity contribution is 7.20. The Bertz CT molecular complexity index is 806. The van der Waals surface area contributed by atoms with Gasteiger partial charge in [0.15, 0.2) is 0 Å². The molecule has 0 radical (unpaired) electrons. The molecule has 0 atom stereocenters. The van der Waals surface area contributed by atoms with Gasteiger partial charge < -0.3 is 5.73 Å². The molecule has 3 rings (SSSR count). The van der Waals surface area contributed by atoms with Crippen molar-refractivity contribution < 1.29 is 0 Å². The third-order valence-electron chi connectivity index (χ3n) is 3.38. The topological polar surface area (TPSA) is 49.8 Å². The molecule has 2 aromatic heterocycles. The van der Waals surface area contributed by atoms with Gasteiger partial charge in [-0.25, -0.2) is 0 Å². The summed E-state index contributed by atoms with van der Waals surface area (Å²) in [5.41, 5.74) is 9.16. The van der Waals surface area contributed by atoms with Gasteiger partial charge in [0.2, 0.25) is 0 Å². The molecule has 0 amide bonds. The number of anilines is 1. The van der Waals surface area contributed by atoms with Gasteiger partial charge in [0.1, 0.15) is 10.9 Å². The predicted molar refractivity (Wildman–Crippen MR) is 88.3 cm³/mol. The summed E-state index contributed by atoms with van der Waals surface area (Å²) in [7, 11) is 0. The Labute approximate surface area is 126 Å². The number of nitrogens with two attached hydrogens (primary N) is 1. The second-order valence-electron chi connectivity index (χ2n) is 4.66. The molecule has 2 nitrogen and oxygen atoms in total. The molecule has 0 aliphatic heterocycles. The van der Waals surface area contributed by atoms with Crippen molar-refractivity contribution >= 4 is 38.4 Å². The number of hydrogen-bond acceptors (Lipinski definition) is 4. The SMILES string of the molecule is CCCc1c(-c2csc3ccccc23)sc(C#N)c1N. The summed E-state index contributed by atoms with van der Waals surface area (Å²) in [6.45, 7) is 2.14. The van der Waals surface area contributed by atoms with Gasteiger partial charge in [-0.2, -0.15) is 5.26 Å². The van der Waals surface area contributed by atoms with E-state index in [9.17, 15) is 5.26 Å². The first-order chi connectivity index (χ1) is 9.76. The highest BCUT2D eigenvalue weighted by atomic mass is 32.1. The largest absolute Gasteiger partial charge is 0.397 e. The van der Waals surface area contributed by atoms with E-state index in [0.717, 1.165) is 18.4 Å². The number of thiophene rings is 2. The van der Waals surface area contributed by atoms with Gasteiger partial charge in [-0.05, 0) is 18.1 Å². The molecule has 0 spiro atoms. The Hall–Kier alpha value is -1.83. The van der Waals surface area contributed by atoms with E-state index in [1.165, 1.54) is 31.9 Å². The Kier molecular flexibility index (Phi) is 3.47. The summed E-state index contributed by atoms with van der Waals surface area (Å²) in [6, 6.07) is 10.6. The molecule has 0 bridgehead atoms. The van der Waals surface area contributed by atoms with Gasteiger partial charge in [-0.1, -0.05) is 31.5 Å². The van der Waals surface area contributed by atoms with Gasteiger partial charge in [0.25, 0.3) is 0 Å². The van der Waals surface area contributed by atoms with Crippen LogP contribution in [0.4, 0.5) is 5.69 Å². The van der Waals surface area contributed by atoms with E-state index in [2.05, 4.69) is 42.6 Å². The zero-order valence-electron chi connectivity index (χ0n) is 11.1. The van der Waals surface area contributed by atoms with Crippen molar-refractivity contribution in [2.24, 2.45) is 0 Å². The van der Waals surface area contributed by atoms with E-state index in [1.54, 1.807) is 11.3 Å². The molecule has 0 unspecified atom stereocenters. The van der Waals surface area contributed by atoms with Crippen molar-refractivity contribution in [1.29, 1.82) is 5.26 Å². The highest BCUT2D eigenvalue weighted by Crippen LogP contribution is 2.43. The Morgan fingerprint density at radius 1 is 1.30 bits per heavy atom. The van der Waals surface area contributed by atoms with E-state index >= 15 is 0 Å². The summed E-state index contributed by atoms with van der Waals surface area (Å²) < 4.78 is 1.27. The lowest BCUT2D eigenvalue weighted by atomic mass is 10.0. The van der Waals surface area contributed by atoms with E-state index in [4.69, 9.17) is 5.73 Å². The molecule has 0 fully saturated rings. The van der Waals surface area contributed by atoms with E-state index < -0.39 is 0 Å². The Balaban J connectivity index is 2.26. The molecule has 0 aliphatic carbocycles. The third kappa shape index (κ3) is 2.00. The monoisotopic (exact) mass is 298 g/mol. The molecule has 0 aliphatic rings. The molecule has 0 saturated carbocycles. The third-order valence-corrected chi connectivity index (χ3v) is 5.52. The molecule has 2 N–H and O–H groups in total. The number of fused-ring (bicyclic) bond motifs is 1. The molecular formula is C16H14N2S2. The zero-order chi connectivity index (χ0) is 14.1. The molecule has 2 heterocycles. The average molecular weight is 298 g/mol. The van der Waals surface area contributed by atoms with E-state index in [1.807, 2.05) is 0 Å². The summed E-state index contributed by atoms with van der Waals surface area (Å²) >= 11 is 3.26. The molecule has 0 saturated heterocycles. The minimum Gasteiger partial charge on any atom is -0.397 e. The van der Waals surface area contributed by atoms with Crippen LogP contribution < -0.4 is 5.73 Å². The van der Waals surface area contributed by atoms with Crippen LogP contribution in [0.2, 0.25) is 0 Å². The lowest BCUT2D eigenvalue weighted by molar-refractivity contribution is 0.930. The molecule has 20 heavy (non-hydrogen) atoms. The highest BCUT2D eigenvalue weighted by Gasteiger charge is 2.18. The van der Waals surface area contributed by atoms with Gasteiger partial charge >= 0.3 is 0 Å². The number of nitrogen functional groups attached to an aromatic ring is 1. The second kappa shape index (κ2) is 5.28. The average Bonchev–Trinajstić information content (AvgIpc) is 3.02. The van der Waals surface area contributed by atoms with Crippen LogP contribution >= 0.6 is 22.7 Å². The lowest BCUT2D eigenvalue weighted by Crippen LogP contribution is -1.92. The normalized spacial score (nSPS) is 10.8. The number of hydrogen-bond donors (Lipinski definition) is 1. The van der Waals surface area contributed by atoms with Crippen LogP contribution in [0.25, 0.3) is 20.5 Å². The van der Waals surface area contributed by atoms with Gasteiger partial charge in [0.05, 0.1) is 5.69 Å². The maximum atomic E-state index is 9.22. The fourth-order valence-electron chi connectivity index (χ4n) is 2.43. The number of nitrogens with zero attached hydrogens (tertiary/aromatic N) is 1. The first kappa shape index (κ1) is 13.2. The van der Waals surface area contributed by atoms with Crippen molar-refractivity contribution in [2.45, 2.75) is 19.8 Å². The minimum atomic E-state index is 0.638. The maximum absolute atomic E-state index is 9.22. The van der Waals surface area contributed by atoms with Crippen LogP contribution in [-0.2, 0) is 6.42 Å². The summed E-state index contributed by atoms with van der Waals surface area (Å²) in [4.78, 5) is 1.80. The van der Waals surface area contributed by atoms with Crippen molar-refractivity contribution in [2.75, 3.05) is 5.73 Å².